The molecule has 34 heavy (non-hydrogen) atoms. The highest BCUT2D eigenvalue weighted by molar-refractivity contribution is 4.61. The summed E-state index contributed by atoms with van der Waals surface area (Å²) in [5, 5.41) is 0. The summed E-state index contributed by atoms with van der Waals surface area (Å²) >= 11 is 0. The van der Waals surface area contributed by atoms with E-state index < -0.39 is 0 Å². The Hall–Kier alpha value is 0. The van der Waals surface area contributed by atoms with Crippen LogP contribution in [0.5, 0.6) is 0 Å². The summed E-state index contributed by atoms with van der Waals surface area (Å²) in [5.41, 5.74) is 0. The third-order valence-electron chi connectivity index (χ3n) is 8.39. The van der Waals surface area contributed by atoms with Crippen LogP contribution in [0, 0.1) is 17.8 Å². The molecule has 0 unspecified atom stereocenters. The Morgan fingerprint density at radius 2 is 0.471 bits per heavy atom. The van der Waals surface area contributed by atoms with E-state index in [0.717, 1.165) is 17.8 Å². The van der Waals surface area contributed by atoms with Crippen molar-refractivity contribution in [3.63, 3.8) is 0 Å². The molecule has 0 saturated heterocycles. The third kappa shape index (κ3) is 26.6. The van der Waals surface area contributed by atoms with Gasteiger partial charge in [0.25, 0.3) is 0 Å². The minimum absolute atomic E-state index is 0.945. The van der Waals surface area contributed by atoms with Crippen molar-refractivity contribution in [1.82, 2.24) is 0 Å². The van der Waals surface area contributed by atoms with Crippen LogP contribution >= 0.6 is 0 Å². The molecule has 0 aromatic rings. The molecule has 0 aromatic carbocycles. The smallest absolute Gasteiger partial charge is 0.0443 e. The fourth-order valence-corrected chi connectivity index (χ4v) is 5.67. The summed E-state index contributed by atoms with van der Waals surface area (Å²) in [4.78, 5) is 0. The molecule has 0 spiro atoms. The molecule has 0 radical (unpaired) electrons. The van der Waals surface area contributed by atoms with Gasteiger partial charge in [-0.1, -0.05) is 202 Å². The van der Waals surface area contributed by atoms with Gasteiger partial charge in [0.1, 0.15) is 0 Å². The second kappa shape index (κ2) is 27.6. The van der Waals surface area contributed by atoms with Gasteiger partial charge in [0.15, 0.2) is 0 Å². The highest BCUT2D eigenvalue weighted by Gasteiger charge is 2.08. The molecular formula is C34H70. The van der Waals surface area contributed by atoms with Gasteiger partial charge in [0, 0.05) is 0 Å². The molecule has 206 valence electrons. The van der Waals surface area contributed by atoms with E-state index in [0.29, 0.717) is 0 Å². The van der Waals surface area contributed by atoms with Crippen LogP contribution in [-0.4, -0.2) is 0 Å². The standard InChI is InChI=1S/C34H70/c1-6-8-10-12-14-15-16-17-18-19-21-23-27-33(4)29-25-31-34(5)30-24-28-32(3)26-22-20-13-11-9-7-2/h32-34H,6-31H2,1-5H3/t32-,33+,34-/m1/s1. The average Bonchev–Trinajstić information content (AvgIpc) is 2.82. The topological polar surface area (TPSA) is 0 Å². The Morgan fingerprint density at radius 3 is 0.735 bits per heavy atom. The van der Waals surface area contributed by atoms with Gasteiger partial charge in [-0.3, -0.25) is 0 Å². The van der Waals surface area contributed by atoms with Crippen LogP contribution in [0.3, 0.4) is 0 Å². The van der Waals surface area contributed by atoms with Crippen molar-refractivity contribution in [3.8, 4) is 0 Å². The van der Waals surface area contributed by atoms with Crippen LogP contribution in [0.1, 0.15) is 202 Å². The molecule has 0 saturated carbocycles. The van der Waals surface area contributed by atoms with Crippen molar-refractivity contribution in [2.75, 3.05) is 0 Å². The predicted octanol–water partition coefficient (Wildman–Crippen LogP) is 13.1. The monoisotopic (exact) mass is 479 g/mol. The van der Waals surface area contributed by atoms with E-state index in [2.05, 4.69) is 34.6 Å². The number of rotatable bonds is 28. The first-order valence-electron chi connectivity index (χ1n) is 16.6. The molecular weight excluding hydrogens is 408 g/mol. The Kier molecular flexibility index (Phi) is 27.6. The van der Waals surface area contributed by atoms with Gasteiger partial charge in [0.2, 0.25) is 0 Å². The maximum atomic E-state index is 2.51. The molecule has 0 heteroatoms. The highest BCUT2D eigenvalue weighted by atomic mass is 14.1. The molecule has 0 aliphatic carbocycles. The molecule has 0 rings (SSSR count). The van der Waals surface area contributed by atoms with Crippen LogP contribution < -0.4 is 0 Å². The molecule has 0 fully saturated rings. The van der Waals surface area contributed by atoms with Gasteiger partial charge >= 0.3 is 0 Å². The van der Waals surface area contributed by atoms with Gasteiger partial charge < -0.3 is 0 Å². The lowest BCUT2D eigenvalue weighted by Crippen LogP contribution is -2.01. The van der Waals surface area contributed by atoms with Gasteiger partial charge in [0.05, 0.1) is 0 Å². The molecule has 0 amide bonds. The van der Waals surface area contributed by atoms with E-state index in [9.17, 15) is 0 Å². The average molecular weight is 479 g/mol. The first-order chi connectivity index (χ1) is 16.6. The van der Waals surface area contributed by atoms with E-state index >= 15 is 0 Å². The summed E-state index contributed by atoms with van der Waals surface area (Å²) in [7, 11) is 0. The summed E-state index contributed by atoms with van der Waals surface area (Å²) in [5.74, 6) is 2.85. The van der Waals surface area contributed by atoms with E-state index in [4.69, 9.17) is 0 Å². The quantitative estimate of drug-likeness (QED) is 0.0980. The maximum Gasteiger partial charge on any atom is -0.0443 e. The van der Waals surface area contributed by atoms with Crippen molar-refractivity contribution < 1.29 is 0 Å². The third-order valence-corrected chi connectivity index (χ3v) is 8.39. The van der Waals surface area contributed by atoms with Crippen molar-refractivity contribution in [1.29, 1.82) is 0 Å². The lowest BCUT2D eigenvalue weighted by molar-refractivity contribution is 0.373. The summed E-state index contributed by atoms with van der Waals surface area (Å²) in [6.07, 6.45) is 38.0. The fraction of sp³-hybridized carbons (Fsp3) is 1.00. The van der Waals surface area contributed by atoms with Crippen molar-refractivity contribution in [3.05, 3.63) is 0 Å². The van der Waals surface area contributed by atoms with Crippen molar-refractivity contribution in [2.24, 2.45) is 17.8 Å². The zero-order valence-corrected chi connectivity index (χ0v) is 25.1. The first kappa shape index (κ1) is 34.0. The minimum atomic E-state index is 0.945. The van der Waals surface area contributed by atoms with E-state index in [1.165, 1.54) is 167 Å². The fourth-order valence-electron chi connectivity index (χ4n) is 5.67. The molecule has 0 aromatic heterocycles. The Labute approximate surface area is 219 Å². The number of hydrogen-bond acceptors (Lipinski definition) is 0. The SMILES string of the molecule is CCCCCCCCCCCCCC[C@H](C)CCC[C@H](C)CCC[C@H](C)CCCCCCCC. The summed E-state index contributed by atoms with van der Waals surface area (Å²) < 4.78 is 0. The van der Waals surface area contributed by atoms with Gasteiger partial charge in [-0.15, -0.1) is 0 Å². The van der Waals surface area contributed by atoms with Crippen molar-refractivity contribution >= 4 is 0 Å². The Balaban J connectivity index is 3.38. The molecule has 0 aliphatic rings. The van der Waals surface area contributed by atoms with Gasteiger partial charge in [-0.05, 0) is 17.8 Å². The van der Waals surface area contributed by atoms with Gasteiger partial charge in [-0.25, -0.2) is 0 Å². The van der Waals surface area contributed by atoms with Crippen LogP contribution in [-0.2, 0) is 0 Å². The van der Waals surface area contributed by atoms with Crippen LogP contribution in [0.25, 0.3) is 0 Å². The zero-order chi connectivity index (χ0) is 25.1. The van der Waals surface area contributed by atoms with E-state index in [1.807, 2.05) is 0 Å². The van der Waals surface area contributed by atoms with Crippen LogP contribution in [0.4, 0.5) is 0 Å². The molecule has 3 atom stereocenters. The molecule has 0 heterocycles. The minimum Gasteiger partial charge on any atom is -0.0654 e. The highest BCUT2D eigenvalue weighted by Crippen LogP contribution is 2.23. The van der Waals surface area contributed by atoms with Gasteiger partial charge in [-0.2, -0.15) is 0 Å². The van der Waals surface area contributed by atoms with Crippen LogP contribution in [0.2, 0.25) is 0 Å². The van der Waals surface area contributed by atoms with Crippen molar-refractivity contribution in [2.45, 2.75) is 202 Å². The number of hydrogen-bond donors (Lipinski definition) is 0. The second-order valence-corrected chi connectivity index (χ2v) is 12.4. The predicted molar refractivity (Wildman–Crippen MR) is 159 cm³/mol. The maximum absolute atomic E-state index is 2.51. The summed E-state index contributed by atoms with van der Waals surface area (Å²) in [6.45, 7) is 12.1. The summed E-state index contributed by atoms with van der Waals surface area (Å²) in [6, 6.07) is 0. The molecule has 0 bridgehead atoms. The first-order valence-corrected chi connectivity index (χ1v) is 16.6. The normalized spacial score (nSPS) is 14.4. The number of unbranched alkanes of at least 4 members (excludes halogenated alkanes) is 16. The van der Waals surface area contributed by atoms with E-state index in [-0.39, 0.29) is 0 Å². The van der Waals surface area contributed by atoms with Crippen LogP contribution in [0.15, 0.2) is 0 Å². The zero-order valence-electron chi connectivity index (χ0n) is 25.1. The Bertz CT molecular complexity index is 359. The van der Waals surface area contributed by atoms with E-state index in [1.54, 1.807) is 0 Å². The largest absolute Gasteiger partial charge is 0.0654 e. The molecule has 0 nitrogen and oxygen atoms in total. The molecule has 0 aliphatic heterocycles. The lowest BCUT2D eigenvalue weighted by Gasteiger charge is -2.16. The Morgan fingerprint density at radius 1 is 0.265 bits per heavy atom. The molecule has 0 N–H and O–H groups in total. The second-order valence-electron chi connectivity index (χ2n) is 12.4. The lowest BCUT2D eigenvalue weighted by atomic mass is 9.90.